The van der Waals surface area contributed by atoms with Crippen molar-refractivity contribution in [3.05, 3.63) is 70.8 Å². The number of nitrogens with zero attached hydrogens (tertiary/aromatic N) is 5. The fraction of sp³-hybridized carbons (Fsp3) is 0.367. The number of ether oxygens (including phenoxy) is 2. The van der Waals surface area contributed by atoms with Gasteiger partial charge in [0.2, 0.25) is 5.95 Å². The molecule has 5 rings (SSSR count). The Morgan fingerprint density at radius 2 is 1.71 bits per heavy atom. The first kappa shape index (κ1) is 28.0. The lowest BCUT2D eigenvalue weighted by Crippen LogP contribution is -2.35. The maximum absolute atomic E-state index is 12.9. The molecule has 11 nitrogen and oxygen atoms in total. The van der Waals surface area contributed by atoms with Crippen molar-refractivity contribution in [2.75, 3.05) is 30.8 Å². The van der Waals surface area contributed by atoms with Crippen LogP contribution in [0.5, 0.6) is 5.75 Å². The van der Waals surface area contributed by atoms with Crippen LogP contribution >= 0.6 is 0 Å². The molecule has 0 aliphatic carbocycles. The predicted octanol–water partition coefficient (Wildman–Crippen LogP) is 5.05. The normalized spacial score (nSPS) is 14.6. The molecule has 0 unspecified atom stereocenters. The third-order valence-electron chi connectivity index (χ3n) is 6.66. The van der Waals surface area contributed by atoms with Gasteiger partial charge in [0.1, 0.15) is 23.0 Å². The topological polar surface area (TPSA) is 124 Å². The Balaban J connectivity index is 1.35. The fourth-order valence-corrected chi connectivity index (χ4v) is 4.60. The molecule has 1 fully saturated rings. The van der Waals surface area contributed by atoms with Crippen molar-refractivity contribution >= 4 is 34.6 Å². The monoisotopic (exact) mass is 557 g/mol. The van der Waals surface area contributed by atoms with Gasteiger partial charge in [0, 0.05) is 24.5 Å². The van der Waals surface area contributed by atoms with E-state index in [0.717, 1.165) is 42.9 Å². The predicted molar refractivity (Wildman–Crippen MR) is 158 cm³/mol. The number of aromatic nitrogens is 4. The molecular formula is C30H35N7O4. The van der Waals surface area contributed by atoms with Crippen molar-refractivity contribution in [1.82, 2.24) is 24.4 Å². The zero-order chi connectivity index (χ0) is 29.1. The van der Waals surface area contributed by atoms with Crippen LogP contribution in [0.15, 0.2) is 59.7 Å². The van der Waals surface area contributed by atoms with Crippen LogP contribution in [-0.2, 0) is 4.74 Å². The highest BCUT2D eigenvalue weighted by atomic mass is 16.6. The first-order chi connectivity index (χ1) is 19.5. The molecule has 1 aliphatic heterocycles. The van der Waals surface area contributed by atoms with Gasteiger partial charge < -0.3 is 19.7 Å². The highest BCUT2D eigenvalue weighted by Crippen LogP contribution is 2.27. The van der Waals surface area contributed by atoms with Crippen LogP contribution in [0.25, 0.3) is 16.9 Å². The van der Waals surface area contributed by atoms with Gasteiger partial charge in [0.15, 0.2) is 5.65 Å². The Morgan fingerprint density at radius 1 is 1.00 bits per heavy atom. The van der Waals surface area contributed by atoms with E-state index >= 15 is 0 Å². The number of piperidine rings is 1. The SMILES string of the molecule is Cc1cc(Nc2ncc3ncc(=O)n(-c4ccc(NC(=O)OC(C)(C)C)cc4)c3n2)ccc1OC1CCN(C)CC1. The molecule has 0 saturated carbocycles. The molecule has 0 radical (unpaired) electrons. The van der Waals surface area contributed by atoms with Gasteiger partial charge in [-0.25, -0.2) is 14.8 Å². The Morgan fingerprint density at radius 3 is 2.39 bits per heavy atom. The van der Waals surface area contributed by atoms with E-state index in [1.165, 1.54) is 10.8 Å². The van der Waals surface area contributed by atoms with E-state index in [1.54, 1.807) is 51.2 Å². The molecule has 2 aromatic carbocycles. The number of hydrogen-bond donors (Lipinski definition) is 2. The summed E-state index contributed by atoms with van der Waals surface area (Å²) >= 11 is 0. The van der Waals surface area contributed by atoms with Gasteiger partial charge >= 0.3 is 6.09 Å². The number of fused-ring (bicyclic) bond motifs is 1. The maximum Gasteiger partial charge on any atom is 0.412 e. The van der Waals surface area contributed by atoms with E-state index in [4.69, 9.17) is 9.47 Å². The van der Waals surface area contributed by atoms with Crippen LogP contribution < -0.4 is 20.9 Å². The summed E-state index contributed by atoms with van der Waals surface area (Å²) < 4.78 is 13.0. The molecule has 2 N–H and O–H groups in total. The number of likely N-dealkylation sites (tertiary alicyclic amines) is 1. The van der Waals surface area contributed by atoms with Gasteiger partial charge in [-0.1, -0.05) is 0 Å². The molecule has 41 heavy (non-hydrogen) atoms. The quantitative estimate of drug-likeness (QED) is 0.335. The van der Waals surface area contributed by atoms with E-state index < -0.39 is 11.7 Å². The smallest absolute Gasteiger partial charge is 0.412 e. The number of hydrogen-bond acceptors (Lipinski definition) is 9. The molecule has 3 heterocycles. The minimum Gasteiger partial charge on any atom is -0.490 e. The van der Waals surface area contributed by atoms with Crippen LogP contribution in [0.1, 0.15) is 39.2 Å². The molecule has 11 heteroatoms. The molecule has 0 atom stereocenters. The molecule has 2 aromatic heterocycles. The molecule has 0 spiro atoms. The Labute approximate surface area is 238 Å². The number of anilines is 3. The fourth-order valence-electron chi connectivity index (χ4n) is 4.60. The minimum atomic E-state index is -0.611. The number of carbonyl (C=O) groups is 1. The molecular weight excluding hydrogens is 522 g/mol. The number of aryl methyl sites for hydroxylation is 1. The van der Waals surface area contributed by atoms with Crippen LogP contribution in [0, 0.1) is 6.92 Å². The van der Waals surface area contributed by atoms with Crippen LogP contribution in [0.4, 0.5) is 22.1 Å². The van der Waals surface area contributed by atoms with Crippen molar-refractivity contribution in [2.24, 2.45) is 0 Å². The lowest BCUT2D eigenvalue weighted by molar-refractivity contribution is 0.0636. The summed E-state index contributed by atoms with van der Waals surface area (Å²) in [6.45, 7) is 9.47. The summed E-state index contributed by atoms with van der Waals surface area (Å²) in [4.78, 5) is 40.6. The molecule has 1 saturated heterocycles. The van der Waals surface area contributed by atoms with Gasteiger partial charge in [-0.2, -0.15) is 4.98 Å². The summed E-state index contributed by atoms with van der Waals surface area (Å²) in [6, 6.07) is 12.7. The second kappa shape index (κ2) is 11.5. The van der Waals surface area contributed by atoms with Crippen molar-refractivity contribution in [3.8, 4) is 11.4 Å². The van der Waals surface area contributed by atoms with Crippen molar-refractivity contribution in [3.63, 3.8) is 0 Å². The van der Waals surface area contributed by atoms with Crippen LogP contribution in [0.3, 0.4) is 0 Å². The summed E-state index contributed by atoms with van der Waals surface area (Å²) in [5.74, 6) is 1.19. The largest absolute Gasteiger partial charge is 0.490 e. The van der Waals surface area contributed by atoms with Gasteiger partial charge in [0.05, 0.1) is 18.1 Å². The number of benzene rings is 2. The highest BCUT2D eigenvalue weighted by Gasteiger charge is 2.19. The third kappa shape index (κ3) is 6.98. The zero-order valence-corrected chi connectivity index (χ0v) is 24.0. The summed E-state index contributed by atoms with van der Waals surface area (Å²) in [6.07, 6.45) is 4.50. The number of amides is 1. The van der Waals surface area contributed by atoms with E-state index in [2.05, 4.69) is 37.5 Å². The molecule has 4 aromatic rings. The minimum absolute atomic E-state index is 0.221. The molecule has 1 aliphatic rings. The zero-order valence-electron chi connectivity index (χ0n) is 24.0. The maximum atomic E-state index is 12.9. The van der Waals surface area contributed by atoms with E-state index in [-0.39, 0.29) is 11.7 Å². The lowest BCUT2D eigenvalue weighted by atomic mass is 10.1. The third-order valence-corrected chi connectivity index (χ3v) is 6.66. The molecule has 0 bridgehead atoms. The summed E-state index contributed by atoms with van der Waals surface area (Å²) in [5, 5.41) is 5.92. The number of rotatable bonds is 6. The standard InChI is InChI=1S/C30H35N7O4/c1-19-16-21(8-11-25(19)40-23-12-14-36(5)15-13-23)33-28-32-17-24-27(35-28)37(26(38)18-31-24)22-9-6-20(7-10-22)34-29(39)41-30(2,3)4/h6-11,16-18,23H,12-15H2,1-5H3,(H,34,39)(H,32,33,35). The van der Waals surface area contributed by atoms with Gasteiger partial charge in [-0.3, -0.25) is 14.7 Å². The highest BCUT2D eigenvalue weighted by molar-refractivity contribution is 5.85. The molecule has 214 valence electrons. The second-order valence-electron chi connectivity index (χ2n) is 11.2. The first-order valence-electron chi connectivity index (χ1n) is 13.6. The van der Waals surface area contributed by atoms with Crippen LogP contribution in [-0.4, -0.2) is 62.4 Å². The average Bonchev–Trinajstić information content (AvgIpc) is 2.91. The summed E-state index contributed by atoms with van der Waals surface area (Å²) in [5.41, 5.74) is 2.76. The second-order valence-corrected chi connectivity index (χ2v) is 11.2. The number of carbonyl (C=O) groups excluding carboxylic acids is 1. The van der Waals surface area contributed by atoms with Crippen molar-refractivity contribution in [2.45, 2.75) is 52.2 Å². The molecule has 1 amide bonds. The summed E-state index contributed by atoms with van der Waals surface area (Å²) in [7, 11) is 2.13. The Hall–Kier alpha value is -4.51. The van der Waals surface area contributed by atoms with Gasteiger partial charge in [-0.05, 0) is 95.6 Å². The average molecular weight is 558 g/mol. The Kier molecular flexibility index (Phi) is 7.89. The van der Waals surface area contributed by atoms with E-state index in [0.29, 0.717) is 28.5 Å². The van der Waals surface area contributed by atoms with Crippen molar-refractivity contribution < 1.29 is 14.3 Å². The van der Waals surface area contributed by atoms with Gasteiger partial charge in [0.25, 0.3) is 5.56 Å². The number of nitrogens with one attached hydrogen (secondary N) is 2. The first-order valence-corrected chi connectivity index (χ1v) is 13.6. The van der Waals surface area contributed by atoms with Crippen molar-refractivity contribution in [1.29, 1.82) is 0 Å². The van der Waals surface area contributed by atoms with E-state index in [9.17, 15) is 9.59 Å². The lowest BCUT2D eigenvalue weighted by Gasteiger charge is -2.29. The van der Waals surface area contributed by atoms with E-state index in [1.807, 2.05) is 25.1 Å². The Bertz CT molecular complexity index is 1600. The van der Waals surface area contributed by atoms with Gasteiger partial charge in [-0.15, -0.1) is 0 Å². The van der Waals surface area contributed by atoms with Crippen LogP contribution in [0.2, 0.25) is 0 Å².